The number of hydrogen-bond acceptors (Lipinski definition) is 7. The maximum atomic E-state index is 10.3. The quantitative estimate of drug-likeness (QED) is 0.521. The minimum Gasteiger partial charge on any atom is -0.448 e. The van der Waals surface area contributed by atoms with Crippen LogP contribution in [0.5, 0.6) is 0 Å². The van der Waals surface area contributed by atoms with Gasteiger partial charge in [0.1, 0.15) is 12.4 Å². The van der Waals surface area contributed by atoms with Crippen LogP contribution in [0.15, 0.2) is 6.20 Å². The van der Waals surface area contributed by atoms with Gasteiger partial charge in [0.05, 0.1) is 18.1 Å². The summed E-state index contributed by atoms with van der Waals surface area (Å²) in [5.74, 6) is 0.648. The Balaban J connectivity index is 2.07. The van der Waals surface area contributed by atoms with E-state index in [9.17, 15) is 4.79 Å². The molecule has 0 bridgehead atoms. The van der Waals surface area contributed by atoms with Gasteiger partial charge >= 0.3 is 6.09 Å². The van der Waals surface area contributed by atoms with E-state index in [1.165, 1.54) is 0 Å². The summed E-state index contributed by atoms with van der Waals surface area (Å²) in [6.07, 6.45) is 0.758. The molecule has 2 aromatic heterocycles. The first-order valence-electron chi connectivity index (χ1n) is 4.79. The number of amides is 1. The lowest BCUT2D eigenvalue weighted by Gasteiger charge is -2.06. The van der Waals surface area contributed by atoms with Crippen molar-refractivity contribution >= 4 is 28.9 Å². The van der Waals surface area contributed by atoms with E-state index in [2.05, 4.69) is 30.2 Å². The van der Waals surface area contributed by atoms with Crippen molar-refractivity contribution in [3.05, 3.63) is 6.20 Å². The van der Waals surface area contributed by atoms with Crippen molar-refractivity contribution in [2.45, 2.75) is 0 Å². The number of carbonyl (C=O) groups excluding carboxylic acids is 1. The van der Waals surface area contributed by atoms with Crippen molar-refractivity contribution in [3.63, 3.8) is 0 Å². The number of nitrogens with zero attached hydrogens (tertiary/aromatic N) is 3. The number of nitrogen functional groups attached to an aromatic ring is 1. The number of nitrogens with two attached hydrogens (primary N) is 2. The number of primary amides is 1. The number of aromatic nitrogens is 4. The third kappa shape index (κ3) is 2.51. The van der Waals surface area contributed by atoms with Crippen LogP contribution < -0.4 is 16.8 Å². The third-order valence-electron chi connectivity index (χ3n) is 1.97. The molecule has 0 unspecified atom stereocenters. The molecule has 2 heterocycles. The number of H-pyrrole nitrogens is 1. The summed E-state index contributed by atoms with van der Waals surface area (Å²) in [4.78, 5) is 18.3. The molecule has 0 saturated heterocycles. The van der Waals surface area contributed by atoms with E-state index >= 15 is 0 Å². The molecule has 0 aliphatic carbocycles. The van der Waals surface area contributed by atoms with Gasteiger partial charge in [-0.3, -0.25) is 5.10 Å². The number of hydrogen-bond donors (Lipinski definition) is 4. The molecule has 9 heteroatoms. The zero-order chi connectivity index (χ0) is 12.3. The minimum absolute atomic E-state index is 0.125. The fourth-order valence-electron chi connectivity index (χ4n) is 1.31. The maximum absolute atomic E-state index is 10.3. The number of nitrogens with one attached hydrogen (secondary N) is 2. The van der Waals surface area contributed by atoms with E-state index in [4.69, 9.17) is 11.5 Å². The molecular weight excluding hydrogens is 226 g/mol. The van der Waals surface area contributed by atoms with E-state index < -0.39 is 6.09 Å². The summed E-state index contributed by atoms with van der Waals surface area (Å²) < 4.78 is 4.57. The molecule has 6 N–H and O–H groups in total. The topological polar surface area (TPSA) is 145 Å². The fourth-order valence-corrected chi connectivity index (χ4v) is 1.31. The number of rotatable bonds is 4. The van der Waals surface area contributed by atoms with Gasteiger partial charge in [-0.2, -0.15) is 15.1 Å². The molecule has 0 spiro atoms. The smallest absolute Gasteiger partial charge is 0.404 e. The first kappa shape index (κ1) is 10.9. The molecule has 0 fully saturated rings. The Bertz CT molecular complexity index is 538. The molecule has 1 amide bonds. The maximum Gasteiger partial charge on any atom is 0.404 e. The minimum atomic E-state index is -0.817. The van der Waals surface area contributed by atoms with Gasteiger partial charge in [-0.25, -0.2) is 4.79 Å². The Labute approximate surface area is 95.5 Å². The van der Waals surface area contributed by atoms with E-state index in [1.807, 2.05) is 0 Å². The third-order valence-corrected chi connectivity index (χ3v) is 1.97. The van der Waals surface area contributed by atoms with E-state index in [1.54, 1.807) is 6.20 Å². The molecule has 2 rings (SSSR count). The number of ether oxygens (including phenoxy) is 1. The van der Waals surface area contributed by atoms with Crippen molar-refractivity contribution in [1.82, 2.24) is 20.2 Å². The molecule has 17 heavy (non-hydrogen) atoms. The summed E-state index contributed by atoms with van der Waals surface area (Å²) in [5.41, 5.74) is 10.9. The fraction of sp³-hybridized carbons (Fsp3) is 0.250. The zero-order valence-corrected chi connectivity index (χ0v) is 8.80. The first-order chi connectivity index (χ1) is 8.16. The Morgan fingerprint density at radius 3 is 3.12 bits per heavy atom. The van der Waals surface area contributed by atoms with Gasteiger partial charge < -0.3 is 21.5 Å². The van der Waals surface area contributed by atoms with Gasteiger partial charge in [-0.15, -0.1) is 0 Å². The van der Waals surface area contributed by atoms with Crippen LogP contribution in [0.1, 0.15) is 0 Å². The monoisotopic (exact) mass is 237 g/mol. The van der Waals surface area contributed by atoms with Gasteiger partial charge in [0.2, 0.25) is 5.95 Å². The standard InChI is InChI=1S/C8H11N7O2/c9-7-13-5(11-1-2-17-8(10)16)4-3-12-15-6(4)14-7/h3H,1-2H2,(H2,10,16)(H4,9,11,12,13,14,15). The number of aromatic amines is 1. The predicted octanol–water partition coefficient (Wildman–Crippen LogP) is -0.558. The Hall–Kier alpha value is -2.58. The Kier molecular flexibility index (Phi) is 2.90. The average Bonchev–Trinajstić information content (AvgIpc) is 2.71. The second-order valence-corrected chi connectivity index (χ2v) is 3.16. The second-order valence-electron chi connectivity index (χ2n) is 3.16. The molecular formula is C8H11N7O2. The van der Waals surface area contributed by atoms with Crippen LogP contribution in [0.25, 0.3) is 11.0 Å². The molecule has 90 valence electrons. The van der Waals surface area contributed by atoms with Gasteiger partial charge in [0, 0.05) is 0 Å². The van der Waals surface area contributed by atoms with Crippen molar-refractivity contribution < 1.29 is 9.53 Å². The average molecular weight is 237 g/mol. The largest absolute Gasteiger partial charge is 0.448 e. The molecule has 0 atom stereocenters. The van der Waals surface area contributed by atoms with Crippen LogP contribution in [-0.2, 0) is 4.74 Å². The van der Waals surface area contributed by atoms with Crippen LogP contribution in [0.3, 0.4) is 0 Å². The molecule has 9 nitrogen and oxygen atoms in total. The van der Waals surface area contributed by atoms with Gasteiger partial charge in [0.25, 0.3) is 0 Å². The first-order valence-corrected chi connectivity index (χ1v) is 4.79. The summed E-state index contributed by atoms with van der Waals surface area (Å²) >= 11 is 0. The van der Waals surface area contributed by atoms with Gasteiger partial charge in [-0.05, 0) is 0 Å². The lowest BCUT2D eigenvalue weighted by molar-refractivity contribution is 0.161. The lowest BCUT2D eigenvalue weighted by atomic mass is 10.4. The van der Waals surface area contributed by atoms with Crippen LogP contribution in [0.4, 0.5) is 16.6 Å². The zero-order valence-electron chi connectivity index (χ0n) is 8.80. The highest BCUT2D eigenvalue weighted by Crippen LogP contribution is 2.18. The molecule has 2 aromatic rings. The molecule has 0 radical (unpaired) electrons. The van der Waals surface area contributed by atoms with E-state index in [-0.39, 0.29) is 12.6 Å². The highest BCUT2D eigenvalue weighted by Gasteiger charge is 2.07. The van der Waals surface area contributed by atoms with E-state index in [0.29, 0.717) is 23.4 Å². The normalized spacial score (nSPS) is 10.4. The number of fused-ring (bicyclic) bond motifs is 1. The Morgan fingerprint density at radius 1 is 1.53 bits per heavy atom. The number of anilines is 2. The Morgan fingerprint density at radius 2 is 2.35 bits per heavy atom. The highest BCUT2D eigenvalue weighted by atomic mass is 16.5. The van der Waals surface area contributed by atoms with Crippen molar-refractivity contribution in [2.75, 3.05) is 24.2 Å². The summed E-state index contributed by atoms with van der Waals surface area (Å²) in [5, 5.41) is 10.2. The van der Waals surface area contributed by atoms with Crippen LogP contribution in [-0.4, -0.2) is 39.4 Å². The summed E-state index contributed by atoms with van der Waals surface area (Å²) in [6.45, 7) is 0.498. The number of carbonyl (C=O) groups is 1. The van der Waals surface area contributed by atoms with Crippen LogP contribution in [0, 0.1) is 0 Å². The predicted molar refractivity (Wildman–Crippen MR) is 60.1 cm³/mol. The van der Waals surface area contributed by atoms with Crippen LogP contribution >= 0.6 is 0 Å². The molecule has 0 aliphatic rings. The van der Waals surface area contributed by atoms with E-state index in [0.717, 1.165) is 0 Å². The van der Waals surface area contributed by atoms with Crippen molar-refractivity contribution in [3.8, 4) is 0 Å². The molecule has 0 aliphatic heterocycles. The summed E-state index contributed by atoms with van der Waals surface area (Å²) in [7, 11) is 0. The lowest BCUT2D eigenvalue weighted by Crippen LogP contribution is -2.18. The highest BCUT2D eigenvalue weighted by molar-refractivity contribution is 5.86. The second kappa shape index (κ2) is 4.51. The molecule has 0 aromatic carbocycles. The van der Waals surface area contributed by atoms with Crippen molar-refractivity contribution in [1.29, 1.82) is 0 Å². The van der Waals surface area contributed by atoms with Gasteiger partial charge in [-0.1, -0.05) is 0 Å². The van der Waals surface area contributed by atoms with Gasteiger partial charge in [0.15, 0.2) is 5.65 Å². The van der Waals surface area contributed by atoms with Crippen molar-refractivity contribution in [2.24, 2.45) is 5.73 Å². The summed E-state index contributed by atoms with van der Waals surface area (Å²) in [6, 6.07) is 0. The molecule has 0 saturated carbocycles. The SMILES string of the molecule is NC(=O)OCCNc1nc(N)nc2[nH]ncc12. The van der Waals surface area contributed by atoms with Crippen LogP contribution in [0.2, 0.25) is 0 Å².